The molecule has 3 N–H and O–H groups in total. The molecule has 0 aliphatic rings. The molecule has 0 spiro atoms. The van der Waals surface area contributed by atoms with E-state index in [1.54, 1.807) is 0 Å². The van der Waals surface area contributed by atoms with Crippen molar-refractivity contribution < 1.29 is 19.4 Å². The quantitative estimate of drug-likeness (QED) is 0.725. The average molecular weight is 281 g/mol. The van der Waals surface area contributed by atoms with E-state index in [2.05, 4.69) is 0 Å². The number of hydrogen-bond donors (Lipinski definition) is 2. The van der Waals surface area contributed by atoms with Crippen molar-refractivity contribution in [3.63, 3.8) is 0 Å². The molecule has 5 heteroatoms. The molecule has 1 aromatic carbocycles. The maximum atomic E-state index is 10.6. The third-order valence-corrected chi connectivity index (χ3v) is 2.80. The lowest BCUT2D eigenvalue weighted by Gasteiger charge is -2.12. The Morgan fingerprint density at radius 2 is 1.75 bits per heavy atom. The fraction of sp³-hybridized carbons (Fsp3) is 0.533. The maximum Gasteiger partial charge on any atom is 0.304 e. The first-order valence-corrected chi connectivity index (χ1v) is 6.92. The van der Waals surface area contributed by atoms with Crippen molar-refractivity contribution in [1.29, 1.82) is 0 Å². The first-order valence-electron chi connectivity index (χ1n) is 6.92. The molecule has 0 saturated heterocycles. The summed E-state index contributed by atoms with van der Waals surface area (Å²) in [4.78, 5) is 10.6. The third kappa shape index (κ3) is 5.93. The summed E-state index contributed by atoms with van der Waals surface area (Å²) >= 11 is 0. The first kappa shape index (κ1) is 16.3. The SMILES string of the molecule is CCOc1cc(CCC(N)CC(=O)O)cc(OCC)c1. The van der Waals surface area contributed by atoms with Crippen LogP contribution in [0.5, 0.6) is 11.5 Å². The number of nitrogens with two attached hydrogens (primary N) is 1. The lowest BCUT2D eigenvalue weighted by atomic mass is 10.0. The third-order valence-electron chi connectivity index (χ3n) is 2.80. The van der Waals surface area contributed by atoms with E-state index < -0.39 is 5.97 Å². The van der Waals surface area contributed by atoms with Crippen LogP contribution >= 0.6 is 0 Å². The summed E-state index contributed by atoms with van der Waals surface area (Å²) in [6.07, 6.45) is 1.31. The molecule has 0 aliphatic heterocycles. The number of rotatable bonds is 9. The van der Waals surface area contributed by atoms with Crippen LogP contribution in [-0.4, -0.2) is 30.3 Å². The van der Waals surface area contributed by atoms with Gasteiger partial charge in [-0.05, 0) is 44.4 Å². The van der Waals surface area contributed by atoms with E-state index in [-0.39, 0.29) is 12.5 Å². The van der Waals surface area contributed by atoms with Gasteiger partial charge < -0.3 is 20.3 Å². The summed E-state index contributed by atoms with van der Waals surface area (Å²) in [5.74, 6) is 0.663. The fourth-order valence-corrected chi connectivity index (χ4v) is 1.95. The Kier molecular flexibility index (Phi) is 6.87. The number of carboxylic acid groups (broad SMARTS) is 1. The average Bonchev–Trinajstić information content (AvgIpc) is 2.36. The second kappa shape index (κ2) is 8.43. The summed E-state index contributed by atoms with van der Waals surface area (Å²) in [5, 5.41) is 8.69. The molecule has 0 heterocycles. The van der Waals surface area contributed by atoms with Gasteiger partial charge in [-0.1, -0.05) is 0 Å². The van der Waals surface area contributed by atoms with E-state index in [1.807, 2.05) is 32.0 Å². The second-order valence-corrected chi connectivity index (χ2v) is 4.58. The Hall–Kier alpha value is -1.75. The number of aryl methyl sites for hydroxylation is 1. The minimum atomic E-state index is -0.865. The number of hydrogen-bond acceptors (Lipinski definition) is 4. The van der Waals surface area contributed by atoms with E-state index in [0.717, 1.165) is 17.1 Å². The fourth-order valence-electron chi connectivity index (χ4n) is 1.95. The zero-order valence-corrected chi connectivity index (χ0v) is 12.1. The molecule has 0 fully saturated rings. The van der Waals surface area contributed by atoms with Gasteiger partial charge in [0.25, 0.3) is 0 Å². The number of carbonyl (C=O) groups is 1. The van der Waals surface area contributed by atoms with E-state index in [1.165, 1.54) is 0 Å². The van der Waals surface area contributed by atoms with Crippen LogP contribution in [0.1, 0.15) is 32.3 Å². The van der Waals surface area contributed by atoms with Crippen molar-refractivity contribution in [1.82, 2.24) is 0 Å². The van der Waals surface area contributed by atoms with E-state index >= 15 is 0 Å². The molecular weight excluding hydrogens is 258 g/mol. The van der Waals surface area contributed by atoms with Gasteiger partial charge in [0.1, 0.15) is 11.5 Å². The van der Waals surface area contributed by atoms with Crippen molar-refractivity contribution >= 4 is 5.97 Å². The molecule has 20 heavy (non-hydrogen) atoms. The highest BCUT2D eigenvalue weighted by Crippen LogP contribution is 2.24. The molecule has 5 nitrogen and oxygen atoms in total. The smallest absolute Gasteiger partial charge is 0.304 e. The highest BCUT2D eigenvalue weighted by atomic mass is 16.5. The Labute approximate surface area is 119 Å². The summed E-state index contributed by atoms with van der Waals surface area (Å²) in [7, 11) is 0. The van der Waals surface area contributed by atoms with Crippen LogP contribution in [-0.2, 0) is 11.2 Å². The van der Waals surface area contributed by atoms with Crippen molar-refractivity contribution in [2.75, 3.05) is 13.2 Å². The number of ether oxygens (including phenoxy) is 2. The Morgan fingerprint density at radius 1 is 1.20 bits per heavy atom. The Bertz CT molecular complexity index is 410. The predicted octanol–water partition coefficient (Wildman–Crippen LogP) is 2.22. The van der Waals surface area contributed by atoms with Gasteiger partial charge in [-0.2, -0.15) is 0 Å². The minimum absolute atomic E-state index is 0.0104. The van der Waals surface area contributed by atoms with Gasteiger partial charge in [-0.15, -0.1) is 0 Å². The van der Waals surface area contributed by atoms with E-state index in [4.69, 9.17) is 20.3 Å². The molecule has 1 aromatic rings. The maximum absolute atomic E-state index is 10.6. The summed E-state index contributed by atoms with van der Waals surface area (Å²) in [5.41, 5.74) is 6.81. The zero-order valence-electron chi connectivity index (χ0n) is 12.1. The summed E-state index contributed by atoms with van der Waals surface area (Å²) in [6.45, 7) is 5.03. The molecule has 1 atom stereocenters. The minimum Gasteiger partial charge on any atom is -0.494 e. The van der Waals surface area contributed by atoms with Gasteiger partial charge in [-0.25, -0.2) is 0 Å². The zero-order chi connectivity index (χ0) is 15.0. The van der Waals surface area contributed by atoms with Crippen molar-refractivity contribution in [3.05, 3.63) is 23.8 Å². The van der Waals surface area contributed by atoms with Gasteiger partial charge in [0.2, 0.25) is 0 Å². The highest BCUT2D eigenvalue weighted by Gasteiger charge is 2.09. The van der Waals surface area contributed by atoms with Crippen LogP contribution in [0.15, 0.2) is 18.2 Å². The molecule has 1 rings (SSSR count). The normalized spacial score (nSPS) is 11.9. The van der Waals surface area contributed by atoms with Crippen LogP contribution in [0, 0.1) is 0 Å². The van der Waals surface area contributed by atoms with Gasteiger partial charge in [0, 0.05) is 12.1 Å². The summed E-state index contributed by atoms with van der Waals surface area (Å²) < 4.78 is 11.0. The molecule has 0 bridgehead atoms. The Balaban J connectivity index is 2.69. The second-order valence-electron chi connectivity index (χ2n) is 4.58. The molecule has 0 amide bonds. The predicted molar refractivity (Wildman–Crippen MR) is 77.3 cm³/mol. The van der Waals surface area contributed by atoms with E-state index in [0.29, 0.717) is 26.1 Å². The Morgan fingerprint density at radius 3 is 2.20 bits per heavy atom. The highest BCUT2D eigenvalue weighted by molar-refractivity contribution is 5.67. The van der Waals surface area contributed by atoms with Crippen LogP contribution in [0.25, 0.3) is 0 Å². The van der Waals surface area contributed by atoms with Crippen LogP contribution in [0.3, 0.4) is 0 Å². The van der Waals surface area contributed by atoms with E-state index in [9.17, 15) is 4.79 Å². The summed E-state index contributed by atoms with van der Waals surface area (Å²) in [6, 6.07) is 5.41. The topological polar surface area (TPSA) is 81.8 Å². The molecule has 0 radical (unpaired) electrons. The number of carboxylic acids is 1. The number of aliphatic carboxylic acids is 1. The first-order chi connectivity index (χ1) is 9.55. The molecule has 0 saturated carbocycles. The molecule has 1 unspecified atom stereocenters. The molecular formula is C15H23NO4. The van der Waals surface area contributed by atoms with Crippen LogP contribution in [0.4, 0.5) is 0 Å². The van der Waals surface area contributed by atoms with Crippen LogP contribution in [0.2, 0.25) is 0 Å². The van der Waals surface area contributed by atoms with Gasteiger partial charge in [0.15, 0.2) is 0 Å². The van der Waals surface area contributed by atoms with Crippen molar-refractivity contribution in [2.24, 2.45) is 5.73 Å². The molecule has 0 aliphatic carbocycles. The van der Waals surface area contributed by atoms with Crippen molar-refractivity contribution in [3.8, 4) is 11.5 Å². The lowest BCUT2D eigenvalue weighted by Crippen LogP contribution is -2.24. The standard InChI is InChI=1S/C15H23NO4/c1-3-19-13-7-11(8-14(10-13)20-4-2)5-6-12(16)9-15(17)18/h7-8,10,12H,3-6,9,16H2,1-2H3,(H,17,18). The molecule has 112 valence electrons. The van der Waals surface area contributed by atoms with Crippen molar-refractivity contribution in [2.45, 2.75) is 39.2 Å². The lowest BCUT2D eigenvalue weighted by molar-refractivity contribution is -0.137. The van der Waals surface area contributed by atoms with Gasteiger partial charge >= 0.3 is 5.97 Å². The largest absolute Gasteiger partial charge is 0.494 e. The van der Waals surface area contributed by atoms with Gasteiger partial charge in [0.05, 0.1) is 19.6 Å². The van der Waals surface area contributed by atoms with Gasteiger partial charge in [-0.3, -0.25) is 4.79 Å². The number of benzene rings is 1. The monoisotopic (exact) mass is 281 g/mol. The van der Waals surface area contributed by atoms with Crippen LogP contribution < -0.4 is 15.2 Å². The molecule has 0 aromatic heterocycles.